The summed E-state index contributed by atoms with van der Waals surface area (Å²) in [5, 5.41) is 2.87. The zero-order valence-electron chi connectivity index (χ0n) is 17.1. The minimum Gasteiger partial charge on any atom is -0.486 e. The predicted molar refractivity (Wildman–Crippen MR) is 112 cm³/mol. The molecule has 1 heterocycles. The van der Waals surface area contributed by atoms with Gasteiger partial charge in [-0.25, -0.2) is 8.42 Å². The molecule has 29 heavy (non-hydrogen) atoms. The van der Waals surface area contributed by atoms with Crippen LogP contribution in [-0.4, -0.2) is 40.3 Å². The third-order valence-electron chi connectivity index (χ3n) is 4.98. The number of carbonyl (C=O) groups is 1. The number of fused-ring (bicyclic) bond motifs is 1. The monoisotopic (exact) mass is 418 g/mol. The second kappa shape index (κ2) is 8.32. The zero-order chi connectivity index (χ0) is 21.2. The van der Waals surface area contributed by atoms with Crippen LogP contribution in [0.25, 0.3) is 0 Å². The number of hydrogen-bond acceptors (Lipinski definition) is 5. The Morgan fingerprint density at radius 3 is 2.52 bits per heavy atom. The second-order valence-corrected chi connectivity index (χ2v) is 9.09. The van der Waals surface area contributed by atoms with Gasteiger partial charge in [0, 0.05) is 0 Å². The van der Waals surface area contributed by atoms with Gasteiger partial charge in [-0.2, -0.15) is 0 Å². The fourth-order valence-electron chi connectivity index (χ4n) is 3.22. The van der Waals surface area contributed by atoms with Crippen molar-refractivity contribution in [1.29, 1.82) is 0 Å². The Kier molecular flexibility index (Phi) is 6.02. The van der Waals surface area contributed by atoms with Crippen molar-refractivity contribution in [3.05, 3.63) is 53.1 Å². The van der Waals surface area contributed by atoms with Gasteiger partial charge in [0.05, 0.1) is 18.0 Å². The number of nitrogens with zero attached hydrogens (tertiary/aromatic N) is 1. The molecule has 0 aliphatic carbocycles. The third-order valence-corrected chi connectivity index (χ3v) is 6.10. The molecule has 1 amide bonds. The lowest BCUT2D eigenvalue weighted by molar-refractivity contribution is -0.120. The highest BCUT2D eigenvalue weighted by Gasteiger charge is 2.24. The molecule has 2 aromatic rings. The maximum absolute atomic E-state index is 12.7. The van der Waals surface area contributed by atoms with Gasteiger partial charge in [-0.3, -0.25) is 9.10 Å². The van der Waals surface area contributed by atoms with Crippen molar-refractivity contribution in [2.24, 2.45) is 0 Å². The number of carbonyl (C=O) groups excluding carboxylic acids is 1. The minimum atomic E-state index is -3.63. The third kappa shape index (κ3) is 4.82. The summed E-state index contributed by atoms with van der Waals surface area (Å²) in [6, 6.07) is 10.6. The molecule has 0 saturated heterocycles. The van der Waals surface area contributed by atoms with Crippen molar-refractivity contribution in [3.8, 4) is 11.5 Å². The van der Waals surface area contributed by atoms with Gasteiger partial charge in [0.15, 0.2) is 11.5 Å². The molecule has 0 aromatic heterocycles. The Morgan fingerprint density at radius 2 is 1.83 bits per heavy atom. The number of aryl methyl sites for hydroxylation is 1. The van der Waals surface area contributed by atoms with Gasteiger partial charge < -0.3 is 14.8 Å². The highest BCUT2D eigenvalue weighted by atomic mass is 32.2. The average molecular weight is 419 g/mol. The van der Waals surface area contributed by atoms with E-state index in [0.29, 0.717) is 30.4 Å². The topological polar surface area (TPSA) is 84.9 Å². The number of anilines is 1. The second-order valence-electron chi connectivity index (χ2n) is 7.18. The first kappa shape index (κ1) is 21.0. The molecule has 1 N–H and O–H groups in total. The average Bonchev–Trinajstić information content (AvgIpc) is 2.67. The van der Waals surface area contributed by atoms with Crippen molar-refractivity contribution in [1.82, 2.24) is 5.32 Å². The normalized spacial score (nSPS) is 14.2. The summed E-state index contributed by atoms with van der Waals surface area (Å²) in [4.78, 5) is 12.7. The zero-order valence-corrected chi connectivity index (χ0v) is 17.9. The number of ether oxygens (including phenoxy) is 2. The molecular weight excluding hydrogens is 392 g/mol. The Hall–Kier alpha value is -2.74. The summed E-state index contributed by atoms with van der Waals surface area (Å²) in [5.41, 5.74) is 3.14. The number of benzene rings is 2. The molecule has 0 bridgehead atoms. The van der Waals surface area contributed by atoms with Crippen LogP contribution < -0.4 is 19.1 Å². The Morgan fingerprint density at radius 1 is 1.14 bits per heavy atom. The lowest BCUT2D eigenvalue weighted by Gasteiger charge is -2.25. The van der Waals surface area contributed by atoms with Crippen LogP contribution in [0.1, 0.15) is 29.7 Å². The molecule has 1 atom stereocenters. The highest BCUT2D eigenvalue weighted by Crippen LogP contribution is 2.32. The first-order valence-corrected chi connectivity index (χ1v) is 11.2. The van der Waals surface area contributed by atoms with Crippen molar-refractivity contribution in [2.75, 3.05) is 30.3 Å². The van der Waals surface area contributed by atoms with Crippen molar-refractivity contribution in [3.63, 3.8) is 0 Å². The standard InChI is InChI=1S/C21H26N2O5S/c1-14-6-5-7-18(15(14)2)23(29(4,25)26)13-21(24)22-16(3)17-8-9-19-20(12-17)28-11-10-27-19/h5-9,12,16H,10-11,13H2,1-4H3,(H,22,24)/t16-/m1/s1. The number of sulfonamides is 1. The maximum Gasteiger partial charge on any atom is 0.241 e. The van der Waals surface area contributed by atoms with Gasteiger partial charge in [0.25, 0.3) is 0 Å². The van der Waals surface area contributed by atoms with Crippen LogP contribution in [0.5, 0.6) is 11.5 Å². The summed E-state index contributed by atoms with van der Waals surface area (Å²) in [6.07, 6.45) is 1.10. The van der Waals surface area contributed by atoms with E-state index in [1.807, 2.05) is 45.0 Å². The summed E-state index contributed by atoms with van der Waals surface area (Å²) in [5.74, 6) is 0.929. The van der Waals surface area contributed by atoms with E-state index in [-0.39, 0.29) is 12.6 Å². The van der Waals surface area contributed by atoms with Crippen molar-refractivity contribution >= 4 is 21.6 Å². The molecule has 8 heteroatoms. The van der Waals surface area contributed by atoms with E-state index in [1.54, 1.807) is 12.1 Å². The maximum atomic E-state index is 12.7. The van der Waals surface area contributed by atoms with Gasteiger partial charge in [0.1, 0.15) is 19.8 Å². The van der Waals surface area contributed by atoms with Gasteiger partial charge in [-0.15, -0.1) is 0 Å². The molecule has 3 rings (SSSR count). The number of rotatable bonds is 6. The first-order valence-electron chi connectivity index (χ1n) is 9.39. The van der Waals surface area contributed by atoms with Gasteiger partial charge >= 0.3 is 0 Å². The minimum absolute atomic E-state index is 0.294. The molecule has 2 aromatic carbocycles. The Labute approximate surface area is 171 Å². The van der Waals surface area contributed by atoms with Crippen LogP contribution in [0.15, 0.2) is 36.4 Å². The first-order chi connectivity index (χ1) is 13.7. The lowest BCUT2D eigenvalue weighted by atomic mass is 10.1. The van der Waals surface area contributed by atoms with Crippen LogP contribution in [0, 0.1) is 13.8 Å². The van der Waals surface area contributed by atoms with E-state index < -0.39 is 15.9 Å². The van der Waals surface area contributed by atoms with E-state index in [9.17, 15) is 13.2 Å². The van der Waals surface area contributed by atoms with Gasteiger partial charge in [-0.05, 0) is 55.7 Å². The molecular formula is C21H26N2O5S. The van der Waals surface area contributed by atoms with Crippen LogP contribution >= 0.6 is 0 Å². The van der Waals surface area contributed by atoms with Crippen LogP contribution in [-0.2, 0) is 14.8 Å². The predicted octanol–water partition coefficient (Wildman–Crippen LogP) is 2.72. The summed E-state index contributed by atoms with van der Waals surface area (Å²) < 4.78 is 37.0. The fraction of sp³-hybridized carbons (Fsp3) is 0.381. The number of amides is 1. The number of nitrogens with one attached hydrogen (secondary N) is 1. The summed E-state index contributed by atoms with van der Waals surface area (Å²) in [6.45, 7) is 6.29. The molecule has 1 aliphatic rings. The van der Waals surface area contributed by atoms with Gasteiger partial charge in [-0.1, -0.05) is 18.2 Å². The molecule has 0 radical (unpaired) electrons. The molecule has 0 saturated carbocycles. The van der Waals surface area contributed by atoms with Crippen LogP contribution in [0.2, 0.25) is 0 Å². The molecule has 7 nitrogen and oxygen atoms in total. The van der Waals surface area contributed by atoms with Crippen molar-refractivity contribution < 1.29 is 22.7 Å². The Bertz CT molecular complexity index is 1020. The van der Waals surface area contributed by atoms with E-state index in [4.69, 9.17) is 9.47 Å². The fourth-order valence-corrected chi connectivity index (χ4v) is 4.12. The molecule has 1 aliphatic heterocycles. The lowest BCUT2D eigenvalue weighted by Crippen LogP contribution is -2.41. The van der Waals surface area contributed by atoms with Crippen LogP contribution in [0.3, 0.4) is 0 Å². The SMILES string of the molecule is Cc1cccc(N(CC(=O)N[C@H](C)c2ccc3c(c2)OCCO3)S(C)(=O)=O)c1C. The molecule has 0 unspecified atom stereocenters. The van der Waals surface area contributed by atoms with E-state index in [1.165, 1.54) is 0 Å². The van der Waals surface area contributed by atoms with E-state index in [2.05, 4.69) is 5.32 Å². The molecule has 0 fully saturated rings. The van der Waals surface area contributed by atoms with Crippen molar-refractivity contribution in [2.45, 2.75) is 26.8 Å². The molecule has 0 spiro atoms. The highest BCUT2D eigenvalue weighted by molar-refractivity contribution is 7.92. The van der Waals surface area contributed by atoms with Crippen LogP contribution in [0.4, 0.5) is 5.69 Å². The number of hydrogen-bond donors (Lipinski definition) is 1. The van der Waals surface area contributed by atoms with E-state index >= 15 is 0 Å². The largest absolute Gasteiger partial charge is 0.486 e. The quantitative estimate of drug-likeness (QED) is 0.780. The Balaban J connectivity index is 1.76. The molecule has 156 valence electrons. The summed E-state index contributed by atoms with van der Waals surface area (Å²) >= 11 is 0. The summed E-state index contributed by atoms with van der Waals surface area (Å²) in [7, 11) is -3.63. The van der Waals surface area contributed by atoms with Gasteiger partial charge in [0.2, 0.25) is 15.9 Å². The van der Waals surface area contributed by atoms with E-state index in [0.717, 1.165) is 27.3 Å². The smallest absolute Gasteiger partial charge is 0.241 e.